The van der Waals surface area contributed by atoms with Gasteiger partial charge in [0.1, 0.15) is 0 Å². The summed E-state index contributed by atoms with van der Waals surface area (Å²) in [5.74, 6) is 5.58. The Hall–Kier alpha value is -1.32. The van der Waals surface area contributed by atoms with Gasteiger partial charge in [-0.1, -0.05) is 32.8 Å². The van der Waals surface area contributed by atoms with Crippen molar-refractivity contribution in [1.29, 1.82) is 0 Å². The largest absolute Gasteiger partial charge is 0.343 e. The van der Waals surface area contributed by atoms with Gasteiger partial charge in [0, 0.05) is 19.8 Å². The van der Waals surface area contributed by atoms with Crippen LogP contribution >= 0.6 is 0 Å². The zero-order valence-electron chi connectivity index (χ0n) is 19.4. The molecule has 0 aromatic rings. The van der Waals surface area contributed by atoms with E-state index in [1.165, 1.54) is 64.2 Å². The van der Waals surface area contributed by atoms with E-state index < -0.39 is 0 Å². The lowest BCUT2D eigenvalue weighted by molar-refractivity contribution is -0.107. The molecule has 1 N–H and O–H groups in total. The van der Waals surface area contributed by atoms with E-state index in [0.29, 0.717) is 10.8 Å². The lowest BCUT2D eigenvalue weighted by Crippen LogP contribution is -2.52. The number of nitrogens with zero attached hydrogens (tertiary/aromatic N) is 3. The number of likely N-dealkylation sites (N-methyl/N-ethyl adjacent to an activating group) is 1. The Morgan fingerprint density at radius 2 is 1.87 bits per heavy atom. The number of hydrazone groups is 1. The first-order valence-electron chi connectivity index (χ1n) is 12.7. The first-order valence-corrected chi connectivity index (χ1v) is 12.7. The fraction of sp³-hybridized carbons (Fsp3) is 0.846. The highest BCUT2D eigenvalue weighted by molar-refractivity contribution is 5.82. The Labute approximate surface area is 183 Å². The molecule has 4 fully saturated rings. The number of hydrogen-bond acceptors (Lipinski definition) is 4. The van der Waals surface area contributed by atoms with Crippen molar-refractivity contribution in [2.75, 3.05) is 20.1 Å². The van der Waals surface area contributed by atoms with Gasteiger partial charge in [-0.2, -0.15) is 5.10 Å². The topological polar surface area (TPSA) is 40.0 Å². The minimum absolute atomic E-state index is 0.507. The fourth-order valence-electron chi connectivity index (χ4n) is 8.63. The second-order valence-corrected chi connectivity index (χ2v) is 11.5. The summed E-state index contributed by atoms with van der Waals surface area (Å²) in [5, 5.41) is 4.38. The van der Waals surface area contributed by atoms with Gasteiger partial charge in [-0.05, 0) is 97.9 Å². The maximum absolute atomic E-state index is 4.42. The number of allylic oxidation sites excluding steroid dienone is 2. The van der Waals surface area contributed by atoms with Crippen LogP contribution in [-0.2, 0) is 0 Å². The number of nitrogens with one attached hydrogen (secondary N) is 1. The van der Waals surface area contributed by atoms with E-state index in [2.05, 4.69) is 53.5 Å². The monoisotopic (exact) mass is 410 g/mol. The Morgan fingerprint density at radius 1 is 1.00 bits per heavy atom. The molecular formula is C26H42N4. The standard InChI is InChI=1S/C26H42N4/c1-25-14-5-4-7-19(25)9-11-21-22-12-10-20(26(22,2)15-13-23(21)25)8-6-16-28-29-24-27-17-18-30(24)3/h6,8,16,19-23H,4-5,7,9-15,17-18H2,1-3H3,(H,27,29)/b8-6+,28-16+/t19-,20-,21-,22-,23-,25-,26+/m0/s1. The molecule has 4 heteroatoms. The Morgan fingerprint density at radius 3 is 2.70 bits per heavy atom. The van der Waals surface area contributed by atoms with Gasteiger partial charge in [0.05, 0.1) is 6.54 Å². The smallest absolute Gasteiger partial charge is 0.214 e. The van der Waals surface area contributed by atoms with E-state index in [9.17, 15) is 0 Å². The predicted octanol–water partition coefficient (Wildman–Crippen LogP) is 5.47. The fourth-order valence-corrected chi connectivity index (χ4v) is 8.63. The van der Waals surface area contributed by atoms with Crippen LogP contribution in [0.2, 0.25) is 0 Å². The summed E-state index contributed by atoms with van der Waals surface area (Å²) in [6, 6.07) is 0. The lowest BCUT2D eigenvalue weighted by atomic mass is 9.45. The summed E-state index contributed by atoms with van der Waals surface area (Å²) in [6.07, 6.45) is 21.4. The molecule has 0 spiro atoms. The van der Waals surface area contributed by atoms with E-state index in [-0.39, 0.29) is 0 Å². The second-order valence-electron chi connectivity index (χ2n) is 11.5. The molecule has 166 valence electrons. The summed E-state index contributed by atoms with van der Waals surface area (Å²) < 4.78 is 0. The van der Waals surface area contributed by atoms with Gasteiger partial charge < -0.3 is 4.90 Å². The minimum atomic E-state index is 0.507. The molecule has 4 nitrogen and oxygen atoms in total. The third-order valence-corrected chi connectivity index (χ3v) is 10.4. The molecule has 0 radical (unpaired) electrons. The van der Waals surface area contributed by atoms with Gasteiger partial charge in [0.15, 0.2) is 0 Å². The highest BCUT2D eigenvalue weighted by Gasteiger charge is 2.59. The Bertz CT molecular complexity index is 727. The zero-order valence-corrected chi connectivity index (χ0v) is 19.4. The Kier molecular flexibility index (Phi) is 5.48. The van der Waals surface area contributed by atoms with Gasteiger partial charge >= 0.3 is 0 Å². The van der Waals surface area contributed by atoms with Crippen LogP contribution in [-0.4, -0.2) is 37.2 Å². The van der Waals surface area contributed by atoms with Crippen molar-refractivity contribution in [2.24, 2.45) is 50.5 Å². The predicted molar refractivity (Wildman–Crippen MR) is 126 cm³/mol. The van der Waals surface area contributed by atoms with Crippen molar-refractivity contribution in [3.8, 4) is 0 Å². The normalized spacial score (nSPS) is 46.0. The van der Waals surface area contributed by atoms with Crippen molar-refractivity contribution >= 4 is 12.2 Å². The summed E-state index contributed by atoms with van der Waals surface area (Å²) in [7, 11) is 2.06. The van der Waals surface area contributed by atoms with Crippen LogP contribution in [0.3, 0.4) is 0 Å². The Balaban J connectivity index is 1.24. The van der Waals surface area contributed by atoms with Crippen molar-refractivity contribution < 1.29 is 0 Å². The highest BCUT2D eigenvalue weighted by atomic mass is 15.4. The van der Waals surface area contributed by atoms with Crippen molar-refractivity contribution in [1.82, 2.24) is 10.3 Å². The molecule has 0 aromatic heterocycles. The average molecular weight is 411 g/mol. The molecule has 0 bridgehead atoms. The zero-order chi connectivity index (χ0) is 20.8. The van der Waals surface area contributed by atoms with Crippen molar-refractivity contribution in [2.45, 2.75) is 78.1 Å². The SMILES string of the molecule is CN1CCN=C1N/N=C/C=C/[C@H]1CC[C@H]2[C@@H]3CC[C@@H]4CCCC[C@]4(C)[C@H]3CC[C@]12C. The number of rotatable bonds is 3. The molecule has 30 heavy (non-hydrogen) atoms. The first-order chi connectivity index (χ1) is 14.5. The van der Waals surface area contributed by atoms with Crippen LogP contribution in [0.15, 0.2) is 22.2 Å². The van der Waals surface area contributed by atoms with Gasteiger partial charge in [-0.25, -0.2) is 10.4 Å². The number of guanidine groups is 1. The third kappa shape index (κ3) is 3.33. The average Bonchev–Trinajstić information content (AvgIpc) is 3.30. The quantitative estimate of drug-likeness (QED) is 0.495. The van der Waals surface area contributed by atoms with E-state index in [4.69, 9.17) is 0 Å². The highest BCUT2D eigenvalue weighted by Crippen LogP contribution is 2.67. The number of fused-ring (bicyclic) bond motifs is 5. The van der Waals surface area contributed by atoms with Crippen molar-refractivity contribution in [3.05, 3.63) is 12.2 Å². The van der Waals surface area contributed by atoms with Crippen molar-refractivity contribution in [3.63, 3.8) is 0 Å². The molecule has 7 atom stereocenters. The lowest BCUT2D eigenvalue weighted by Gasteiger charge is -2.60. The summed E-state index contributed by atoms with van der Waals surface area (Å²) in [6.45, 7) is 7.17. The van der Waals surface area contributed by atoms with E-state index in [1.54, 1.807) is 0 Å². The molecule has 1 heterocycles. The van der Waals surface area contributed by atoms with Crippen LogP contribution in [0.4, 0.5) is 0 Å². The molecule has 0 unspecified atom stereocenters. The first kappa shape index (κ1) is 20.6. The molecule has 0 amide bonds. The second kappa shape index (κ2) is 7.98. The van der Waals surface area contributed by atoms with E-state index >= 15 is 0 Å². The van der Waals surface area contributed by atoms with Crippen LogP contribution < -0.4 is 5.43 Å². The maximum atomic E-state index is 4.42. The number of hydrogen-bond donors (Lipinski definition) is 1. The van der Waals surface area contributed by atoms with E-state index in [1.807, 2.05) is 6.21 Å². The van der Waals surface area contributed by atoms with Crippen LogP contribution in [0.1, 0.15) is 78.1 Å². The van der Waals surface area contributed by atoms with E-state index in [0.717, 1.165) is 48.6 Å². The van der Waals surface area contributed by atoms with Crippen LogP contribution in [0, 0.1) is 40.4 Å². The van der Waals surface area contributed by atoms with Gasteiger partial charge in [-0.15, -0.1) is 0 Å². The maximum Gasteiger partial charge on any atom is 0.214 e. The van der Waals surface area contributed by atoms with Gasteiger partial charge in [-0.3, -0.25) is 0 Å². The van der Waals surface area contributed by atoms with Gasteiger partial charge in [0.25, 0.3) is 0 Å². The third-order valence-electron chi connectivity index (χ3n) is 10.4. The summed E-state index contributed by atoms with van der Waals surface area (Å²) in [5.41, 5.74) is 4.25. The summed E-state index contributed by atoms with van der Waals surface area (Å²) in [4.78, 5) is 6.54. The number of aliphatic imine (C=N–C) groups is 1. The van der Waals surface area contributed by atoms with Gasteiger partial charge in [0.2, 0.25) is 5.96 Å². The van der Waals surface area contributed by atoms with Crippen LogP contribution in [0.25, 0.3) is 0 Å². The van der Waals surface area contributed by atoms with Crippen LogP contribution in [0.5, 0.6) is 0 Å². The molecule has 5 aliphatic rings. The molecule has 1 aliphatic heterocycles. The molecule has 0 aromatic carbocycles. The molecule has 5 rings (SSSR count). The summed E-state index contributed by atoms with van der Waals surface area (Å²) >= 11 is 0. The molecule has 4 aliphatic carbocycles. The molecule has 0 saturated heterocycles. The minimum Gasteiger partial charge on any atom is -0.343 e. The molecule has 4 saturated carbocycles. The molecular weight excluding hydrogens is 368 g/mol.